The monoisotopic (exact) mass is 416 g/mol. The Labute approximate surface area is 168 Å². The molecule has 1 rings (SSSR count). The van der Waals surface area contributed by atoms with Crippen LogP contribution < -0.4 is 0 Å². The van der Waals surface area contributed by atoms with Crippen LogP contribution in [0.15, 0.2) is 10.7 Å². The van der Waals surface area contributed by atoms with Crippen LogP contribution in [0.25, 0.3) is 0 Å². The molecule has 0 aromatic carbocycles. The van der Waals surface area contributed by atoms with E-state index in [1.54, 1.807) is 11.8 Å². The number of rotatable bonds is 11. The fourth-order valence-corrected chi connectivity index (χ4v) is 5.78. The van der Waals surface area contributed by atoms with Crippen molar-refractivity contribution in [2.45, 2.75) is 85.6 Å². The molecule has 26 heavy (non-hydrogen) atoms. The van der Waals surface area contributed by atoms with Crippen molar-refractivity contribution in [2.24, 2.45) is 11.3 Å². The zero-order chi connectivity index (χ0) is 20.0. The molecule has 0 spiro atoms. The van der Waals surface area contributed by atoms with E-state index in [2.05, 4.69) is 53.5 Å². The Kier molecular flexibility index (Phi) is 9.68. The van der Waals surface area contributed by atoms with Gasteiger partial charge in [0.1, 0.15) is 5.76 Å². The number of allylic oxidation sites excluding steroid dienone is 2. The Hall–Kier alpha value is -0.0462. The van der Waals surface area contributed by atoms with Gasteiger partial charge >= 0.3 is 0 Å². The first kappa shape index (κ1) is 24.0. The summed E-state index contributed by atoms with van der Waals surface area (Å²) in [6.45, 7) is 18.6. The third-order valence-corrected chi connectivity index (χ3v) is 7.42. The molecule has 0 heterocycles. The Morgan fingerprint density at radius 3 is 2.27 bits per heavy atom. The predicted octanol–water partition coefficient (Wildman–Crippen LogP) is 5.98. The summed E-state index contributed by atoms with van der Waals surface area (Å²) in [6.07, 6.45) is 5.35. The Bertz CT molecular complexity index is 490. The van der Waals surface area contributed by atoms with E-state index in [0.717, 1.165) is 35.9 Å². The van der Waals surface area contributed by atoms with Gasteiger partial charge in [-0.1, -0.05) is 33.6 Å². The summed E-state index contributed by atoms with van der Waals surface area (Å²) < 4.78 is 12.1. The lowest BCUT2D eigenvalue weighted by atomic mass is 9.79. The van der Waals surface area contributed by atoms with Gasteiger partial charge in [0, 0.05) is 18.9 Å². The number of thioether (sulfide) groups is 1. The molecule has 0 N–H and O–H groups in total. The van der Waals surface area contributed by atoms with Crippen molar-refractivity contribution in [2.75, 3.05) is 12.4 Å². The lowest BCUT2D eigenvalue weighted by Crippen LogP contribution is -2.25. The van der Waals surface area contributed by atoms with Gasteiger partial charge < -0.3 is 8.85 Å². The minimum atomic E-state index is -1.36. The smallest absolute Gasteiger partial charge is 0.229 e. The van der Waals surface area contributed by atoms with Crippen molar-refractivity contribution >= 4 is 34.9 Å². The van der Waals surface area contributed by atoms with Crippen LogP contribution in [-0.2, 0) is 13.6 Å². The Balaban J connectivity index is 2.46. The third-order valence-electron chi connectivity index (χ3n) is 4.41. The molecule has 0 radical (unpaired) electrons. The highest BCUT2D eigenvalue weighted by molar-refractivity contribution is 8.04. The van der Waals surface area contributed by atoms with E-state index >= 15 is 0 Å². The standard InChI is InChI=1S/C20H40O3SSi2/c1-20(2,3)16-15-17(21)19(18(16)23-25(4)5)24-14-12-10-9-11-13-22-26(6,7)8/h16,25H,9-15H2,1-8H3. The maximum atomic E-state index is 12.6. The number of hydrogen-bond acceptors (Lipinski definition) is 4. The van der Waals surface area contributed by atoms with Crippen molar-refractivity contribution in [3.63, 3.8) is 0 Å². The molecule has 0 aliphatic heterocycles. The fraction of sp³-hybridized carbons (Fsp3) is 0.850. The van der Waals surface area contributed by atoms with Crippen molar-refractivity contribution < 1.29 is 13.6 Å². The second-order valence-electron chi connectivity index (χ2n) is 9.63. The topological polar surface area (TPSA) is 35.5 Å². The first-order chi connectivity index (χ1) is 11.9. The van der Waals surface area contributed by atoms with E-state index in [9.17, 15) is 4.79 Å². The van der Waals surface area contributed by atoms with Crippen LogP contribution in [0.3, 0.4) is 0 Å². The van der Waals surface area contributed by atoms with Crippen molar-refractivity contribution in [3.8, 4) is 0 Å². The summed E-state index contributed by atoms with van der Waals surface area (Å²) in [5, 5.41) is 0. The van der Waals surface area contributed by atoms with Crippen LogP contribution in [0.1, 0.15) is 52.9 Å². The summed E-state index contributed by atoms with van der Waals surface area (Å²) in [4.78, 5) is 13.5. The van der Waals surface area contributed by atoms with Gasteiger partial charge in [-0.2, -0.15) is 0 Å². The SMILES string of the molecule is C[SiH](C)OC1=C(SCCCCCCO[Si](C)(C)C)C(=O)CC1C(C)(C)C. The second-order valence-corrected chi connectivity index (χ2v) is 17.6. The van der Waals surface area contributed by atoms with Crippen LogP contribution in [-0.4, -0.2) is 35.5 Å². The highest BCUT2D eigenvalue weighted by atomic mass is 32.2. The molecular weight excluding hydrogens is 376 g/mol. The highest BCUT2D eigenvalue weighted by Crippen LogP contribution is 2.45. The molecule has 1 aliphatic carbocycles. The van der Waals surface area contributed by atoms with Crippen LogP contribution in [0, 0.1) is 11.3 Å². The van der Waals surface area contributed by atoms with Crippen molar-refractivity contribution in [3.05, 3.63) is 10.7 Å². The van der Waals surface area contributed by atoms with E-state index in [4.69, 9.17) is 8.85 Å². The molecule has 152 valence electrons. The lowest BCUT2D eigenvalue weighted by molar-refractivity contribution is -0.115. The summed E-state index contributed by atoms with van der Waals surface area (Å²) in [5.74, 6) is 2.56. The Morgan fingerprint density at radius 1 is 1.12 bits per heavy atom. The summed E-state index contributed by atoms with van der Waals surface area (Å²) in [7, 11) is -2.57. The number of carbonyl (C=O) groups is 1. The molecule has 0 aromatic rings. The van der Waals surface area contributed by atoms with Gasteiger partial charge in [-0.25, -0.2) is 0 Å². The normalized spacial score (nSPS) is 19.0. The predicted molar refractivity (Wildman–Crippen MR) is 120 cm³/mol. The first-order valence-corrected chi connectivity index (χ1v) is 17.3. The quantitative estimate of drug-likeness (QED) is 0.307. The number of hydrogen-bond donors (Lipinski definition) is 0. The fourth-order valence-electron chi connectivity index (χ4n) is 3.02. The van der Waals surface area contributed by atoms with E-state index < -0.39 is 17.4 Å². The zero-order valence-corrected chi connectivity index (χ0v) is 21.2. The maximum absolute atomic E-state index is 12.6. The minimum absolute atomic E-state index is 0.0764. The van der Waals surface area contributed by atoms with Crippen molar-refractivity contribution in [1.82, 2.24) is 0 Å². The van der Waals surface area contributed by atoms with Gasteiger partial charge in [-0.3, -0.25) is 4.79 Å². The second kappa shape index (κ2) is 10.5. The molecule has 0 fully saturated rings. The molecule has 0 saturated carbocycles. The number of Topliss-reactive ketones (excluding diaryl/α,β-unsaturated/α-hetero) is 1. The minimum Gasteiger partial charge on any atom is -0.549 e. The molecular formula is C20H40O3SSi2. The van der Waals surface area contributed by atoms with E-state index in [-0.39, 0.29) is 11.3 Å². The molecule has 0 bridgehead atoms. The van der Waals surface area contributed by atoms with Crippen LogP contribution in [0.5, 0.6) is 0 Å². The average Bonchev–Trinajstić information content (AvgIpc) is 2.77. The van der Waals surface area contributed by atoms with E-state index in [1.165, 1.54) is 12.8 Å². The van der Waals surface area contributed by atoms with Crippen LogP contribution >= 0.6 is 11.8 Å². The molecule has 0 aromatic heterocycles. The first-order valence-electron chi connectivity index (χ1n) is 10.1. The summed E-state index contributed by atoms with van der Waals surface area (Å²) in [6, 6.07) is 0. The summed E-state index contributed by atoms with van der Waals surface area (Å²) >= 11 is 1.73. The number of carbonyl (C=O) groups excluding carboxylic acids is 1. The van der Waals surface area contributed by atoms with Gasteiger partial charge in [-0.15, -0.1) is 11.8 Å². The van der Waals surface area contributed by atoms with Gasteiger partial charge in [0.2, 0.25) is 9.04 Å². The van der Waals surface area contributed by atoms with Crippen molar-refractivity contribution in [1.29, 1.82) is 0 Å². The van der Waals surface area contributed by atoms with E-state index in [1.807, 2.05) is 0 Å². The lowest BCUT2D eigenvalue weighted by Gasteiger charge is -2.30. The maximum Gasteiger partial charge on any atom is 0.229 e. The Morgan fingerprint density at radius 2 is 1.73 bits per heavy atom. The molecule has 0 amide bonds. The van der Waals surface area contributed by atoms with Crippen LogP contribution in [0.2, 0.25) is 32.7 Å². The molecule has 6 heteroatoms. The van der Waals surface area contributed by atoms with Gasteiger partial charge in [0.15, 0.2) is 14.1 Å². The average molecular weight is 417 g/mol. The van der Waals surface area contributed by atoms with E-state index in [0.29, 0.717) is 12.2 Å². The number of unbranched alkanes of at least 4 members (excludes halogenated alkanes) is 3. The molecule has 0 saturated heterocycles. The molecule has 3 nitrogen and oxygen atoms in total. The zero-order valence-electron chi connectivity index (χ0n) is 18.2. The molecule has 1 aliphatic rings. The van der Waals surface area contributed by atoms with Gasteiger partial charge in [0.25, 0.3) is 0 Å². The van der Waals surface area contributed by atoms with Crippen LogP contribution in [0.4, 0.5) is 0 Å². The largest absolute Gasteiger partial charge is 0.549 e. The molecule has 1 atom stereocenters. The van der Waals surface area contributed by atoms with Gasteiger partial charge in [-0.05, 0) is 56.7 Å². The van der Waals surface area contributed by atoms with Gasteiger partial charge in [0.05, 0.1) is 4.91 Å². The third kappa shape index (κ3) is 8.76. The highest BCUT2D eigenvalue weighted by Gasteiger charge is 2.40. The number of ketones is 1. The molecule has 1 unspecified atom stereocenters. The summed E-state index contributed by atoms with van der Waals surface area (Å²) in [5.41, 5.74) is 0.0764.